The third-order valence-corrected chi connectivity index (χ3v) is 5.99. The van der Waals surface area contributed by atoms with E-state index in [2.05, 4.69) is 0 Å². The van der Waals surface area contributed by atoms with Gasteiger partial charge in [0.1, 0.15) is 11.7 Å². The van der Waals surface area contributed by atoms with Crippen molar-refractivity contribution in [2.75, 3.05) is 6.54 Å². The number of hydrogen-bond donors (Lipinski definition) is 2. The number of carboxylic acids is 1. The second-order valence-electron chi connectivity index (χ2n) is 9.59. The van der Waals surface area contributed by atoms with Gasteiger partial charge in [0.2, 0.25) is 0 Å². The maximum Gasteiger partial charge on any atom is 0.408 e. The minimum absolute atomic E-state index is 0.0252. The fourth-order valence-corrected chi connectivity index (χ4v) is 4.55. The van der Waals surface area contributed by atoms with Gasteiger partial charge in [0.25, 0.3) is 0 Å². The number of aliphatic carboxylic acids is 1. The molecule has 0 aromatic heterocycles. The quantitative estimate of drug-likeness (QED) is 0.331. The molecule has 0 spiro atoms. The van der Waals surface area contributed by atoms with Gasteiger partial charge in [-0.2, -0.15) is 0 Å². The fourth-order valence-electron chi connectivity index (χ4n) is 4.55. The molecule has 2 aromatic carbocycles. The SMILES string of the molecule is CC(C)(C)OC(=O)C=CO[C@@H]1CN(C(=O)O)[C@](Cc2ccccc2)(C(=O)O)C1Cc1ccccc1. The van der Waals surface area contributed by atoms with E-state index < -0.39 is 41.2 Å². The van der Waals surface area contributed by atoms with E-state index in [4.69, 9.17) is 9.47 Å². The van der Waals surface area contributed by atoms with Crippen LogP contribution in [0.2, 0.25) is 0 Å². The van der Waals surface area contributed by atoms with E-state index in [0.29, 0.717) is 5.56 Å². The highest BCUT2D eigenvalue weighted by atomic mass is 16.6. The zero-order valence-corrected chi connectivity index (χ0v) is 20.1. The van der Waals surface area contributed by atoms with Crippen LogP contribution in [-0.4, -0.2) is 56.9 Å². The van der Waals surface area contributed by atoms with Crippen LogP contribution in [0.1, 0.15) is 31.9 Å². The second-order valence-corrected chi connectivity index (χ2v) is 9.59. The molecule has 1 aliphatic heterocycles. The molecule has 8 heteroatoms. The van der Waals surface area contributed by atoms with E-state index in [0.717, 1.165) is 22.8 Å². The number of nitrogens with zero attached hydrogens (tertiary/aromatic N) is 1. The van der Waals surface area contributed by atoms with Crippen molar-refractivity contribution in [2.45, 2.75) is 50.9 Å². The van der Waals surface area contributed by atoms with Gasteiger partial charge in [0.15, 0.2) is 5.54 Å². The number of carbonyl (C=O) groups excluding carboxylic acids is 1. The van der Waals surface area contributed by atoms with Gasteiger partial charge >= 0.3 is 18.0 Å². The number of ether oxygens (including phenoxy) is 2. The summed E-state index contributed by atoms with van der Waals surface area (Å²) in [6, 6.07) is 18.2. The zero-order valence-electron chi connectivity index (χ0n) is 20.1. The number of amides is 1. The van der Waals surface area contributed by atoms with Gasteiger partial charge in [-0.05, 0) is 38.3 Å². The molecule has 186 valence electrons. The maximum atomic E-state index is 12.9. The van der Waals surface area contributed by atoms with E-state index in [1.54, 1.807) is 45.0 Å². The van der Waals surface area contributed by atoms with Gasteiger partial charge in [-0.1, -0.05) is 60.7 Å². The molecule has 3 rings (SSSR count). The largest absolute Gasteiger partial charge is 0.495 e. The first-order valence-electron chi connectivity index (χ1n) is 11.4. The summed E-state index contributed by atoms with van der Waals surface area (Å²) in [6.07, 6.45) is 0.385. The van der Waals surface area contributed by atoms with Crippen LogP contribution < -0.4 is 0 Å². The van der Waals surface area contributed by atoms with Crippen molar-refractivity contribution >= 4 is 18.0 Å². The van der Waals surface area contributed by atoms with Gasteiger partial charge in [0, 0.05) is 12.3 Å². The van der Waals surface area contributed by atoms with Crippen molar-refractivity contribution in [3.8, 4) is 0 Å². The van der Waals surface area contributed by atoms with Crippen LogP contribution in [0.15, 0.2) is 73.0 Å². The number of rotatable bonds is 8. The zero-order chi connectivity index (χ0) is 25.6. The smallest absolute Gasteiger partial charge is 0.408 e. The molecule has 1 unspecified atom stereocenters. The number of esters is 1. The molecule has 1 fully saturated rings. The molecule has 2 N–H and O–H groups in total. The van der Waals surface area contributed by atoms with Crippen molar-refractivity contribution in [3.05, 3.63) is 84.1 Å². The molecule has 0 radical (unpaired) electrons. The maximum absolute atomic E-state index is 12.9. The lowest BCUT2D eigenvalue weighted by Crippen LogP contribution is -2.58. The van der Waals surface area contributed by atoms with E-state index in [1.807, 2.05) is 36.4 Å². The molecule has 1 amide bonds. The molecule has 1 aliphatic rings. The third-order valence-electron chi connectivity index (χ3n) is 5.99. The Hall–Kier alpha value is -3.81. The Kier molecular flexibility index (Phi) is 7.84. The van der Waals surface area contributed by atoms with Gasteiger partial charge in [-0.25, -0.2) is 14.4 Å². The minimum Gasteiger partial charge on any atom is -0.495 e. The number of carboxylic acid groups (broad SMARTS) is 2. The second kappa shape index (κ2) is 10.6. The summed E-state index contributed by atoms with van der Waals surface area (Å²) in [5, 5.41) is 20.5. The number of carbonyl (C=O) groups is 3. The molecule has 35 heavy (non-hydrogen) atoms. The molecular formula is C27H31NO7. The lowest BCUT2D eigenvalue weighted by atomic mass is 9.75. The van der Waals surface area contributed by atoms with Crippen LogP contribution in [0.5, 0.6) is 0 Å². The highest BCUT2D eigenvalue weighted by Crippen LogP contribution is 2.42. The van der Waals surface area contributed by atoms with Crippen molar-refractivity contribution in [1.82, 2.24) is 4.90 Å². The summed E-state index contributed by atoms with van der Waals surface area (Å²) in [6.45, 7) is 5.05. The van der Waals surface area contributed by atoms with Gasteiger partial charge in [0.05, 0.1) is 18.9 Å². The van der Waals surface area contributed by atoms with Crippen LogP contribution in [0, 0.1) is 5.92 Å². The molecule has 0 saturated carbocycles. The average molecular weight is 482 g/mol. The standard InChI is InChI=1S/C27H31NO7/c1-26(2,3)35-23(29)14-15-34-22-18-28(25(32)33)27(24(30)31,17-20-12-8-5-9-13-20)21(22)16-19-10-6-4-7-11-19/h4-15,21-22H,16-18H2,1-3H3,(H,30,31)(H,32,33)/t21?,22-,27+/m1/s1. The Morgan fingerprint density at radius 1 is 1.00 bits per heavy atom. The monoisotopic (exact) mass is 481 g/mol. The third kappa shape index (κ3) is 6.20. The lowest BCUT2D eigenvalue weighted by molar-refractivity contribution is -0.152. The molecule has 8 nitrogen and oxygen atoms in total. The van der Waals surface area contributed by atoms with Crippen LogP contribution in [-0.2, 0) is 31.9 Å². The first kappa shape index (κ1) is 25.8. The molecule has 1 saturated heterocycles. The molecule has 1 heterocycles. The highest BCUT2D eigenvalue weighted by molar-refractivity contribution is 5.86. The predicted molar refractivity (Wildman–Crippen MR) is 129 cm³/mol. The minimum atomic E-state index is -1.77. The Bertz CT molecular complexity index is 1060. The van der Waals surface area contributed by atoms with Gasteiger partial charge in [-0.15, -0.1) is 0 Å². The average Bonchev–Trinajstić information content (AvgIpc) is 3.08. The van der Waals surface area contributed by atoms with Gasteiger partial charge < -0.3 is 19.7 Å². The Morgan fingerprint density at radius 3 is 2.09 bits per heavy atom. The van der Waals surface area contributed by atoms with Crippen LogP contribution in [0.4, 0.5) is 4.79 Å². The van der Waals surface area contributed by atoms with Crippen molar-refractivity contribution in [1.29, 1.82) is 0 Å². The predicted octanol–water partition coefficient (Wildman–Crippen LogP) is 4.15. The summed E-state index contributed by atoms with van der Waals surface area (Å²) in [4.78, 5) is 38.2. The van der Waals surface area contributed by atoms with Crippen molar-refractivity contribution in [3.63, 3.8) is 0 Å². The molecule has 3 atom stereocenters. The highest BCUT2D eigenvalue weighted by Gasteiger charge is 2.61. The Balaban J connectivity index is 2.00. The molecule has 2 aromatic rings. The van der Waals surface area contributed by atoms with E-state index in [9.17, 15) is 24.6 Å². The number of benzene rings is 2. The van der Waals surface area contributed by atoms with Crippen LogP contribution in [0.25, 0.3) is 0 Å². The summed E-state index contributed by atoms with van der Waals surface area (Å²) in [5.41, 5.74) is -0.899. The Labute approximate surface area is 204 Å². The van der Waals surface area contributed by atoms with Crippen LogP contribution in [0.3, 0.4) is 0 Å². The van der Waals surface area contributed by atoms with E-state index >= 15 is 0 Å². The molecule has 0 bridgehead atoms. The van der Waals surface area contributed by atoms with Gasteiger partial charge in [-0.3, -0.25) is 4.90 Å². The lowest BCUT2D eigenvalue weighted by Gasteiger charge is -2.37. The van der Waals surface area contributed by atoms with Crippen LogP contribution >= 0.6 is 0 Å². The summed E-state index contributed by atoms with van der Waals surface area (Å²) in [7, 11) is 0. The summed E-state index contributed by atoms with van der Waals surface area (Å²) in [5.74, 6) is -2.59. The molecular weight excluding hydrogens is 450 g/mol. The molecule has 0 aliphatic carbocycles. The van der Waals surface area contributed by atoms with Crippen molar-refractivity contribution < 1.29 is 34.1 Å². The first-order chi connectivity index (χ1) is 16.5. The first-order valence-corrected chi connectivity index (χ1v) is 11.4. The fraction of sp³-hybridized carbons (Fsp3) is 0.370. The normalized spacial score (nSPS) is 22.2. The van der Waals surface area contributed by atoms with Crippen molar-refractivity contribution in [2.24, 2.45) is 5.92 Å². The topological polar surface area (TPSA) is 113 Å². The van der Waals surface area contributed by atoms with E-state index in [-0.39, 0.29) is 19.4 Å². The summed E-state index contributed by atoms with van der Waals surface area (Å²) >= 11 is 0. The Morgan fingerprint density at radius 2 is 1.57 bits per heavy atom. The van der Waals surface area contributed by atoms with E-state index in [1.165, 1.54) is 0 Å². The number of hydrogen-bond acceptors (Lipinski definition) is 5. The number of likely N-dealkylation sites (tertiary alicyclic amines) is 1. The summed E-state index contributed by atoms with van der Waals surface area (Å²) < 4.78 is 11.1.